The average Bonchev–Trinajstić information content (AvgIpc) is 3.01. The standard InChI is InChI=1S/C19H24F2N2O2/c1-2-4-17(24)23-10-8-19(13-23)7-3-9-22(18(19)25)12-14-5-6-15(20)16(21)11-14/h5-6,11H,2-4,7-10,12-13H2,1H3. The van der Waals surface area contributed by atoms with Gasteiger partial charge in [-0.2, -0.15) is 0 Å². The number of amides is 2. The first-order chi connectivity index (χ1) is 11.9. The maximum Gasteiger partial charge on any atom is 0.230 e. The van der Waals surface area contributed by atoms with Crippen molar-refractivity contribution in [3.63, 3.8) is 0 Å². The van der Waals surface area contributed by atoms with Gasteiger partial charge in [0, 0.05) is 32.6 Å². The van der Waals surface area contributed by atoms with E-state index in [4.69, 9.17) is 0 Å². The Morgan fingerprint density at radius 1 is 1.20 bits per heavy atom. The third-order valence-electron chi connectivity index (χ3n) is 5.35. The minimum atomic E-state index is -0.895. The Hall–Kier alpha value is -1.98. The zero-order valence-electron chi connectivity index (χ0n) is 14.6. The van der Waals surface area contributed by atoms with Crippen LogP contribution in [0.15, 0.2) is 18.2 Å². The molecule has 0 N–H and O–H groups in total. The van der Waals surface area contributed by atoms with Crippen molar-refractivity contribution in [3.8, 4) is 0 Å². The molecule has 1 aromatic carbocycles. The van der Waals surface area contributed by atoms with Gasteiger partial charge in [-0.05, 0) is 43.4 Å². The molecule has 1 spiro atoms. The summed E-state index contributed by atoms with van der Waals surface area (Å²) in [4.78, 5) is 28.7. The summed E-state index contributed by atoms with van der Waals surface area (Å²) < 4.78 is 26.5. The van der Waals surface area contributed by atoms with E-state index >= 15 is 0 Å². The van der Waals surface area contributed by atoms with Gasteiger partial charge >= 0.3 is 0 Å². The Balaban J connectivity index is 1.71. The van der Waals surface area contributed by atoms with Gasteiger partial charge in [0.1, 0.15) is 0 Å². The van der Waals surface area contributed by atoms with E-state index in [-0.39, 0.29) is 18.4 Å². The van der Waals surface area contributed by atoms with Crippen LogP contribution >= 0.6 is 0 Å². The fraction of sp³-hybridized carbons (Fsp3) is 0.579. The number of carbonyl (C=O) groups is 2. The summed E-state index contributed by atoms with van der Waals surface area (Å²) in [5.41, 5.74) is 0.0847. The summed E-state index contributed by atoms with van der Waals surface area (Å²) in [5.74, 6) is -1.62. The second-order valence-corrected chi connectivity index (χ2v) is 7.17. The second-order valence-electron chi connectivity index (χ2n) is 7.17. The van der Waals surface area contributed by atoms with E-state index in [2.05, 4.69) is 0 Å². The first-order valence-corrected chi connectivity index (χ1v) is 8.96. The van der Waals surface area contributed by atoms with E-state index in [1.807, 2.05) is 11.8 Å². The molecule has 136 valence electrons. The molecule has 0 radical (unpaired) electrons. The van der Waals surface area contributed by atoms with Gasteiger partial charge in [-0.3, -0.25) is 9.59 Å². The minimum absolute atomic E-state index is 0.0373. The number of nitrogens with zero attached hydrogens (tertiary/aromatic N) is 2. The number of hydrogen-bond donors (Lipinski definition) is 0. The molecular formula is C19H24F2N2O2. The molecule has 2 aliphatic rings. The van der Waals surface area contributed by atoms with Crippen molar-refractivity contribution >= 4 is 11.8 Å². The fourth-order valence-corrected chi connectivity index (χ4v) is 4.00. The highest BCUT2D eigenvalue weighted by Gasteiger charge is 2.49. The molecule has 2 heterocycles. The summed E-state index contributed by atoms with van der Waals surface area (Å²) >= 11 is 0. The van der Waals surface area contributed by atoms with Crippen molar-refractivity contribution in [1.82, 2.24) is 9.80 Å². The van der Waals surface area contributed by atoms with E-state index in [0.717, 1.165) is 31.4 Å². The first kappa shape index (κ1) is 17.8. The largest absolute Gasteiger partial charge is 0.342 e. The van der Waals surface area contributed by atoms with Gasteiger partial charge in [-0.15, -0.1) is 0 Å². The lowest BCUT2D eigenvalue weighted by molar-refractivity contribution is -0.146. The van der Waals surface area contributed by atoms with Crippen molar-refractivity contribution in [2.24, 2.45) is 5.41 Å². The molecule has 0 bridgehead atoms. The number of benzene rings is 1. The average molecular weight is 350 g/mol. The third-order valence-corrected chi connectivity index (χ3v) is 5.35. The number of likely N-dealkylation sites (tertiary alicyclic amines) is 2. The van der Waals surface area contributed by atoms with Gasteiger partial charge in [-0.1, -0.05) is 13.0 Å². The SMILES string of the molecule is CCCC(=O)N1CCC2(CCCN(Cc3ccc(F)c(F)c3)C2=O)C1. The minimum Gasteiger partial charge on any atom is -0.342 e. The molecule has 1 unspecified atom stereocenters. The van der Waals surface area contributed by atoms with Crippen molar-refractivity contribution < 1.29 is 18.4 Å². The Morgan fingerprint density at radius 2 is 2.00 bits per heavy atom. The number of halogens is 2. The van der Waals surface area contributed by atoms with Crippen molar-refractivity contribution in [3.05, 3.63) is 35.4 Å². The Bertz CT molecular complexity index is 679. The number of hydrogen-bond acceptors (Lipinski definition) is 2. The molecule has 1 aromatic rings. The molecule has 2 aliphatic heterocycles. The molecule has 2 fully saturated rings. The maximum absolute atomic E-state index is 13.4. The first-order valence-electron chi connectivity index (χ1n) is 8.96. The maximum atomic E-state index is 13.4. The molecule has 2 amide bonds. The van der Waals surface area contributed by atoms with E-state index in [9.17, 15) is 18.4 Å². The molecule has 0 aliphatic carbocycles. The lowest BCUT2D eigenvalue weighted by Crippen LogP contribution is -2.50. The van der Waals surface area contributed by atoms with Crippen LogP contribution in [-0.2, 0) is 16.1 Å². The molecule has 0 aromatic heterocycles. The number of rotatable bonds is 4. The van der Waals surface area contributed by atoms with Crippen molar-refractivity contribution in [1.29, 1.82) is 0 Å². The van der Waals surface area contributed by atoms with Crippen LogP contribution in [0.4, 0.5) is 8.78 Å². The number of piperidine rings is 1. The molecule has 3 rings (SSSR count). The molecule has 25 heavy (non-hydrogen) atoms. The van der Waals surface area contributed by atoms with Crippen LogP contribution in [0.3, 0.4) is 0 Å². The topological polar surface area (TPSA) is 40.6 Å². The smallest absolute Gasteiger partial charge is 0.230 e. The summed E-state index contributed by atoms with van der Waals surface area (Å²) in [6.45, 7) is 3.98. The monoisotopic (exact) mass is 350 g/mol. The lowest BCUT2D eigenvalue weighted by atomic mass is 9.78. The van der Waals surface area contributed by atoms with E-state index in [1.54, 1.807) is 4.90 Å². The van der Waals surface area contributed by atoms with Crippen LogP contribution in [0, 0.1) is 17.0 Å². The molecule has 2 saturated heterocycles. The molecule has 0 saturated carbocycles. The zero-order chi connectivity index (χ0) is 18.0. The molecular weight excluding hydrogens is 326 g/mol. The predicted octanol–water partition coefficient (Wildman–Crippen LogP) is 3.11. The van der Waals surface area contributed by atoms with Gasteiger partial charge in [0.2, 0.25) is 11.8 Å². The second kappa shape index (κ2) is 7.10. The van der Waals surface area contributed by atoms with E-state index in [1.165, 1.54) is 6.07 Å². The van der Waals surface area contributed by atoms with Crippen LogP contribution in [0.1, 0.15) is 44.6 Å². The summed E-state index contributed by atoms with van der Waals surface area (Å²) in [7, 11) is 0. The third kappa shape index (κ3) is 3.53. The van der Waals surface area contributed by atoms with Gasteiger partial charge in [-0.25, -0.2) is 8.78 Å². The van der Waals surface area contributed by atoms with Crippen LogP contribution in [0.5, 0.6) is 0 Å². The van der Waals surface area contributed by atoms with Crippen LogP contribution in [-0.4, -0.2) is 41.2 Å². The molecule has 6 heteroatoms. The lowest BCUT2D eigenvalue weighted by Gasteiger charge is -2.39. The van der Waals surface area contributed by atoms with Gasteiger partial charge < -0.3 is 9.80 Å². The van der Waals surface area contributed by atoms with Gasteiger partial charge in [0.05, 0.1) is 5.41 Å². The summed E-state index contributed by atoms with van der Waals surface area (Å²) in [6.07, 6.45) is 3.66. The number of carbonyl (C=O) groups excluding carboxylic acids is 2. The normalized spacial score (nSPS) is 23.6. The molecule has 1 atom stereocenters. The Kier molecular flexibility index (Phi) is 5.06. The van der Waals surface area contributed by atoms with Crippen LogP contribution in [0.2, 0.25) is 0 Å². The zero-order valence-corrected chi connectivity index (χ0v) is 14.6. The van der Waals surface area contributed by atoms with E-state index < -0.39 is 17.0 Å². The predicted molar refractivity (Wildman–Crippen MR) is 89.5 cm³/mol. The quantitative estimate of drug-likeness (QED) is 0.837. The summed E-state index contributed by atoms with van der Waals surface area (Å²) in [5, 5.41) is 0. The molecule has 4 nitrogen and oxygen atoms in total. The fourth-order valence-electron chi connectivity index (χ4n) is 4.00. The highest BCUT2D eigenvalue weighted by molar-refractivity contribution is 5.86. The Morgan fingerprint density at radius 3 is 2.72 bits per heavy atom. The Labute approximate surface area is 146 Å². The van der Waals surface area contributed by atoms with Crippen LogP contribution < -0.4 is 0 Å². The van der Waals surface area contributed by atoms with Crippen molar-refractivity contribution in [2.45, 2.75) is 45.6 Å². The highest BCUT2D eigenvalue weighted by Crippen LogP contribution is 2.40. The highest BCUT2D eigenvalue weighted by atomic mass is 19.2. The summed E-state index contributed by atoms with van der Waals surface area (Å²) in [6, 6.07) is 3.75. The van der Waals surface area contributed by atoms with Gasteiger partial charge in [0.15, 0.2) is 11.6 Å². The van der Waals surface area contributed by atoms with Crippen LogP contribution in [0.25, 0.3) is 0 Å². The van der Waals surface area contributed by atoms with Crippen molar-refractivity contribution in [2.75, 3.05) is 19.6 Å². The van der Waals surface area contributed by atoms with E-state index in [0.29, 0.717) is 38.0 Å². The van der Waals surface area contributed by atoms with Gasteiger partial charge in [0.25, 0.3) is 0 Å².